The highest BCUT2D eigenvalue weighted by Gasteiger charge is 1.98. The van der Waals surface area contributed by atoms with Gasteiger partial charge in [0.25, 0.3) is 0 Å². The molecule has 0 fully saturated rings. The topological polar surface area (TPSA) is 0 Å². The van der Waals surface area contributed by atoms with Crippen LogP contribution in [-0.2, 0) is 6.42 Å². The van der Waals surface area contributed by atoms with E-state index in [4.69, 9.17) is 0 Å². The van der Waals surface area contributed by atoms with E-state index in [-0.39, 0.29) is 0 Å². The molecule has 1 heteroatoms. The van der Waals surface area contributed by atoms with Gasteiger partial charge in [-0.25, -0.2) is 0 Å². The van der Waals surface area contributed by atoms with Gasteiger partial charge in [-0.15, -0.1) is 0 Å². The lowest BCUT2D eigenvalue weighted by atomic mass is 10.0. The Bertz CT molecular complexity index is 486. The maximum Gasteiger partial charge on any atom is -0.0181 e. The summed E-state index contributed by atoms with van der Waals surface area (Å²) in [7, 11) is 0. The zero-order valence-electron chi connectivity index (χ0n) is 17.1. The van der Waals surface area contributed by atoms with Crippen LogP contribution in [0.3, 0.4) is 0 Å². The highest BCUT2D eigenvalue weighted by molar-refractivity contribution is 7.97. The van der Waals surface area contributed by atoms with E-state index < -0.39 is 0 Å². The van der Waals surface area contributed by atoms with Gasteiger partial charge in [0.2, 0.25) is 0 Å². The first-order chi connectivity index (χ1) is 11.7. The Labute approximate surface area is 156 Å². The van der Waals surface area contributed by atoms with Gasteiger partial charge in [0.05, 0.1) is 0 Å². The van der Waals surface area contributed by atoms with Crippen molar-refractivity contribution in [3.63, 3.8) is 0 Å². The highest BCUT2D eigenvalue weighted by Crippen LogP contribution is 2.21. The molecule has 0 saturated heterocycles. The molecule has 0 aromatic heterocycles. The number of aryl methyl sites for hydroxylation is 2. The van der Waals surface area contributed by atoms with Crippen LogP contribution in [0, 0.1) is 6.92 Å². The van der Waals surface area contributed by atoms with Gasteiger partial charge < -0.3 is 0 Å². The van der Waals surface area contributed by atoms with Crippen LogP contribution >= 0.6 is 11.8 Å². The van der Waals surface area contributed by atoms with Crippen molar-refractivity contribution in [2.75, 3.05) is 12.5 Å². The lowest BCUT2D eigenvalue weighted by Gasteiger charge is -2.05. The number of benzene rings is 2. The average molecular weight is 347 g/mol. The maximum atomic E-state index is 2.26. The van der Waals surface area contributed by atoms with Crippen LogP contribution < -0.4 is 0 Å². The van der Waals surface area contributed by atoms with Crippen molar-refractivity contribution >= 4 is 11.8 Å². The van der Waals surface area contributed by atoms with Gasteiger partial charge in [-0.3, -0.25) is 0 Å². The second kappa shape index (κ2) is 18.1. The lowest BCUT2D eigenvalue weighted by Crippen LogP contribution is -1.85. The molecule has 0 saturated carbocycles. The molecule has 0 bridgehead atoms. The molecule has 0 spiro atoms. The molecule has 2 aromatic carbocycles. The predicted octanol–water partition coefficient (Wildman–Crippen LogP) is 8.04. The van der Waals surface area contributed by atoms with Crippen molar-refractivity contribution in [3.8, 4) is 11.1 Å². The molecule has 0 N–H and O–H groups in total. The molecule has 2 aromatic rings. The van der Waals surface area contributed by atoms with Crippen LogP contribution in [0.5, 0.6) is 0 Å². The molecule has 0 aliphatic heterocycles. The SMILES string of the molecule is CC.CC.CCCCc1ccc(-c2cccc(C)c2)cc1.CSC. The first-order valence-electron chi connectivity index (χ1n) is 9.27. The van der Waals surface area contributed by atoms with Crippen molar-refractivity contribution in [1.29, 1.82) is 0 Å². The van der Waals surface area contributed by atoms with Crippen LogP contribution in [0.15, 0.2) is 48.5 Å². The standard InChI is InChI=1S/C17H20.C2H6S.2C2H6/c1-3-4-7-15-9-11-16(12-10-15)17-8-5-6-14(2)13-17;1-3-2;2*1-2/h5-6,8-13H,3-4,7H2,1-2H3;1-2H3;2*1-2H3. The second-order valence-electron chi connectivity index (χ2n) is 5.08. The van der Waals surface area contributed by atoms with Gasteiger partial charge in [-0.1, -0.05) is 95.1 Å². The fourth-order valence-electron chi connectivity index (χ4n) is 2.07. The Balaban J connectivity index is 0. The van der Waals surface area contributed by atoms with Crippen molar-refractivity contribution in [2.24, 2.45) is 0 Å². The van der Waals surface area contributed by atoms with Gasteiger partial charge in [-0.2, -0.15) is 11.8 Å². The summed E-state index contributed by atoms with van der Waals surface area (Å²) in [6.07, 6.45) is 7.83. The van der Waals surface area contributed by atoms with Crippen molar-refractivity contribution in [2.45, 2.75) is 60.8 Å². The molecule has 0 aliphatic rings. The summed E-state index contributed by atoms with van der Waals surface area (Å²) >= 11 is 1.75. The first kappa shape index (κ1) is 25.0. The largest absolute Gasteiger partial charge is 0.169 e. The Morgan fingerprint density at radius 1 is 0.792 bits per heavy atom. The summed E-state index contributed by atoms with van der Waals surface area (Å²) in [6.45, 7) is 12.4. The van der Waals surface area contributed by atoms with Gasteiger partial charge >= 0.3 is 0 Å². The third-order valence-electron chi connectivity index (χ3n) is 3.12. The smallest absolute Gasteiger partial charge is 0.0181 e. The van der Waals surface area contributed by atoms with Crippen LogP contribution in [-0.4, -0.2) is 12.5 Å². The summed E-state index contributed by atoms with van der Waals surface area (Å²) in [4.78, 5) is 0. The van der Waals surface area contributed by atoms with E-state index in [1.807, 2.05) is 40.2 Å². The Morgan fingerprint density at radius 2 is 1.33 bits per heavy atom. The summed E-state index contributed by atoms with van der Waals surface area (Å²) in [5, 5.41) is 0. The molecule has 0 radical (unpaired) electrons. The zero-order chi connectivity index (χ0) is 18.8. The van der Waals surface area contributed by atoms with Gasteiger partial charge in [0, 0.05) is 0 Å². The second-order valence-corrected chi connectivity index (χ2v) is 5.89. The van der Waals surface area contributed by atoms with Gasteiger partial charge in [-0.05, 0) is 49.0 Å². The van der Waals surface area contributed by atoms with Gasteiger partial charge in [0.15, 0.2) is 0 Å². The fourth-order valence-corrected chi connectivity index (χ4v) is 2.07. The molecular weight excluding hydrogens is 308 g/mol. The van der Waals surface area contributed by atoms with E-state index in [0.29, 0.717) is 0 Å². The first-order valence-corrected chi connectivity index (χ1v) is 10.9. The van der Waals surface area contributed by atoms with E-state index in [1.54, 1.807) is 11.8 Å². The molecule has 0 amide bonds. The van der Waals surface area contributed by atoms with E-state index in [0.717, 1.165) is 0 Å². The maximum absolute atomic E-state index is 2.26. The molecule has 2 rings (SSSR count). The molecule has 136 valence electrons. The predicted molar refractivity (Wildman–Crippen MR) is 117 cm³/mol. The van der Waals surface area contributed by atoms with E-state index in [1.165, 1.54) is 41.5 Å². The normalized spacial score (nSPS) is 8.67. The summed E-state index contributed by atoms with van der Waals surface area (Å²) < 4.78 is 0. The van der Waals surface area contributed by atoms with Gasteiger partial charge in [0.1, 0.15) is 0 Å². The average Bonchev–Trinajstić information content (AvgIpc) is 2.64. The third kappa shape index (κ3) is 11.3. The third-order valence-corrected chi connectivity index (χ3v) is 3.12. The highest BCUT2D eigenvalue weighted by atomic mass is 32.2. The zero-order valence-corrected chi connectivity index (χ0v) is 18.0. The summed E-state index contributed by atoms with van der Waals surface area (Å²) in [6, 6.07) is 17.7. The monoisotopic (exact) mass is 346 g/mol. The number of hydrogen-bond donors (Lipinski definition) is 0. The summed E-state index contributed by atoms with van der Waals surface area (Å²) in [5.41, 5.74) is 5.39. The molecule has 0 aliphatic carbocycles. The van der Waals surface area contributed by atoms with Crippen LogP contribution in [0.25, 0.3) is 11.1 Å². The van der Waals surface area contributed by atoms with E-state index >= 15 is 0 Å². The molecular formula is C23H38S. The van der Waals surface area contributed by atoms with E-state index in [9.17, 15) is 0 Å². The molecule has 0 heterocycles. The van der Waals surface area contributed by atoms with Crippen LogP contribution in [0.2, 0.25) is 0 Å². The number of rotatable bonds is 4. The minimum absolute atomic E-state index is 1.20. The lowest BCUT2D eigenvalue weighted by molar-refractivity contribution is 0.795. The van der Waals surface area contributed by atoms with Crippen LogP contribution in [0.4, 0.5) is 0 Å². The summed E-state index contributed by atoms with van der Waals surface area (Å²) in [5.74, 6) is 0. The minimum Gasteiger partial charge on any atom is -0.169 e. The molecule has 0 nitrogen and oxygen atoms in total. The Hall–Kier alpha value is -1.21. The number of thioether (sulfide) groups is 1. The molecule has 0 atom stereocenters. The van der Waals surface area contributed by atoms with Crippen molar-refractivity contribution < 1.29 is 0 Å². The quantitative estimate of drug-likeness (QED) is 0.539. The fraction of sp³-hybridized carbons (Fsp3) is 0.478. The number of hydrogen-bond acceptors (Lipinski definition) is 1. The Morgan fingerprint density at radius 3 is 1.79 bits per heavy atom. The van der Waals surface area contributed by atoms with Crippen molar-refractivity contribution in [3.05, 3.63) is 59.7 Å². The van der Waals surface area contributed by atoms with E-state index in [2.05, 4.69) is 62.4 Å². The molecule has 24 heavy (non-hydrogen) atoms. The Kier molecular flexibility index (Phi) is 18.9. The van der Waals surface area contributed by atoms with Crippen molar-refractivity contribution in [1.82, 2.24) is 0 Å². The number of unbranched alkanes of at least 4 members (excludes halogenated alkanes) is 1. The minimum atomic E-state index is 1.20. The van der Waals surface area contributed by atoms with Crippen LogP contribution in [0.1, 0.15) is 58.6 Å². The molecule has 0 unspecified atom stereocenters.